The second-order valence-electron chi connectivity index (χ2n) is 17.1. The van der Waals surface area contributed by atoms with Crippen LogP contribution in [0.25, 0.3) is 123 Å². The largest absolute Gasteiger partial charge is 0.265 e. The molecule has 0 unspecified atom stereocenters. The Labute approximate surface area is 406 Å². The summed E-state index contributed by atoms with van der Waals surface area (Å²) >= 11 is 0. The fourth-order valence-corrected chi connectivity index (χ4v) is 9.13. The third kappa shape index (κ3) is 8.53. The topological polar surface area (TPSA) is 77.3 Å². The summed E-state index contributed by atoms with van der Waals surface area (Å²) in [4.78, 5) is 28.7. The van der Waals surface area contributed by atoms with Gasteiger partial charge in [-0.1, -0.05) is 194 Å². The Morgan fingerprint density at radius 3 is 0.814 bits per heavy atom. The molecular weight excluding hydrogens is 853 g/mol. The highest BCUT2D eigenvalue weighted by atomic mass is 14.9. The van der Waals surface area contributed by atoms with Gasteiger partial charge in [0.05, 0.1) is 22.8 Å². The lowest BCUT2D eigenvalue weighted by molar-refractivity contribution is 1.17. The summed E-state index contributed by atoms with van der Waals surface area (Å²) in [7, 11) is 0. The van der Waals surface area contributed by atoms with Gasteiger partial charge < -0.3 is 0 Å². The van der Waals surface area contributed by atoms with Gasteiger partial charge in [0, 0.05) is 58.2 Å². The first-order chi connectivity index (χ1) is 34.7. The van der Waals surface area contributed by atoms with Crippen LogP contribution in [0.4, 0.5) is 0 Å². The fraction of sp³-hybridized carbons (Fsp3) is 0. The first kappa shape index (κ1) is 41.9. The molecule has 4 aromatic heterocycles. The van der Waals surface area contributed by atoms with Crippen LogP contribution in [-0.2, 0) is 0 Å². The van der Waals surface area contributed by atoms with Crippen molar-refractivity contribution in [1.29, 1.82) is 0 Å². The molecule has 8 aromatic carbocycles. The molecule has 0 fully saturated rings. The van der Waals surface area contributed by atoms with E-state index >= 15 is 0 Å². The van der Waals surface area contributed by atoms with Crippen LogP contribution in [0.5, 0.6) is 0 Å². The second-order valence-corrected chi connectivity index (χ2v) is 17.1. The van der Waals surface area contributed by atoms with Crippen LogP contribution >= 0.6 is 0 Å². The maximum absolute atomic E-state index is 5.09. The molecule has 0 aliphatic carbocycles. The van der Waals surface area contributed by atoms with Gasteiger partial charge in [0.15, 0.2) is 11.6 Å². The van der Waals surface area contributed by atoms with E-state index in [1.54, 1.807) is 24.8 Å². The van der Waals surface area contributed by atoms with Crippen molar-refractivity contribution in [3.8, 4) is 112 Å². The summed E-state index contributed by atoms with van der Waals surface area (Å²) < 4.78 is 0. The summed E-state index contributed by atoms with van der Waals surface area (Å²) in [5.74, 6) is 1.31. The van der Waals surface area contributed by atoms with E-state index in [1.165, 1.54) is 21.9 Å². The fourth-order valence-electron chi connectivity index (χ4n) is 9.13. The van der Waals surface area contributed by atoms with Crippen molar-refractivity contribution in [2.45, 2.75) is 0 Å². The average Bonchev–Trinajstić information content (AvgIpc) is 3.45. The van der Waals surface area contributed by atoms with Gasteiger partial charge in [-0.25, -0.2) is 19.9 Å². The Kier molecular flexibility index (Phi) is 11.1. The van der Waals surface area contributed by atoms with Crippen molar-refractivity contribution < 1.29 is 0 Å². The predicted molar refractivity (Wildman–Crippen MR) is 285 cm³/mol. The van der Waals surface area contributed by atoms with E-state index in [0.29, 0.717) is 11.6 Å². The van der Waals surface area contributed by atoms with Crippen molar-refractivity contribution >= 4 is 10.8 Å². The molecule has 0 N–H and O–H groups in total. The van der Waals surface area contributed by atoms with Crippen LogP contribution in [0.3, 0.4) is 0 Å². The van der Waals surface area contributed by atoms with E-state index in [9.17, 15) is 0 Å². The molecule has 6 heteroatoms. The van der Waals surface area contributed by atoms with E-state index in [-0.39, 0.29) is 0 Å². The number of fused-ring (bicyclic) bond motifs is 1. The molecule has 12 rings (SSSR count). The molecule has 12 aromatic rings. The number of pyridine rings is 2. The van der Waals surface area contributed by atoms with Crippen LogP contribution in [0.2, 0.25) is 0 Å². The van der Waals surface area contributed by atoms with E-state index in [2.05, 4.69) is 204 Å². The summed E-state index contributed by atoms with van der Waals surface area (Å²) in [6, 6.07) is 80.6. The molecule has 0 aliphatic rings. The van der Waals surface area contributed by atoms with E-state index < -0.39 is 0 Å². The maximum atomic E-state index is 5.09. The highest BCUT2D eigenvalue weighted by molar-refractivity contribution is 6.04. The lowest BCUT2D eigenvalue weighted by Crippen LogP contribution is -1.96. The Morgan fingerprint density at radius 1 is 0.200 bits per heavy atom. The molecule has 0 spiro atoms. The summed E-state index contributed by atoms with van der Waals surface area (Å²) in [5.41, 5.74) is 18.6. The quantitative estimate of drug-likeness (QED) is 0.136. The number of benzene rings is 8. The molecule has 0 saturated carbocycles. The molecule has 0 bridgehead atoms. The first-order valence-corrected chi connectivity index (χ1v) is 23.3. The monoisotopic (exact) mass is 894 g/mol. The van der Waals surface area contributed by atoms with Gasteiger partial charge in [0.1, 0.15) is 0 Å². The zero-order chi connectivity index (χ0) is 46.6. The van der Waals surface area contributed by atoms with Crippen molar-refractivity contribution in [1.82, 2.24) is 29.9 Å². The van der Waals surface area contributed by atoms with Crippen molar-refractivity contribution in [3.05, 3.63) is 255 Å². The minimum atomic E-state index is 0.655. The number of rotatable bonds is 10. The zero-order valence-corrected chi connectivity index (χ0v) is 37.9. The predicted octanol–water partition coefficient (Wildman–Crippen LogP) is 15.9. The van der Waals surface area contributed by atoms with Gasteiger partial charge in [-0.3, -0.25) is 9.97 Å². The van der Waals surface area contributed by atoms with Gasteiger partial charge in [-0.2, -0.15) is 0 Å². The minimum absolute atomic E-state index is 0.655. The molecule has 0 amide bonds. The zero-order valence-electron chi connectivity index (χ0n) is 37.9. The van der Waals surface area contributed by atoms with Crippen LogP contribution in [0, 0.1) is 0 Å². The summed E-state index contributed by atoms with van der Waals surface area (Å²) in [6.07, 6.45) is 7.12. The molecule has 0 saturated heterocycles. The van der Waals surface area contributed by atoms with Crippen molar-refractivity contribution in [2.24, 2.45) is 0 Å². The Bertz CT molecular complexity index is 3500. The molecule has 4 heterocycles. The van der Waals surface area contributed by atoms with Crippen LogP contribution in [0.15, 0.2) is 255 Å². The highest BCUT2D eigenvalue weighted by Crippen LogP contribution is 2.38. The van der Waals surface area contributed by atoms with Crippen LogP contribution in [0.1, 0.15) is 0 Å². The normalized spacial score (nSPS) is 11.1. The highest BCUT2D eigenvalue weighted by Gasteiger charge is 2.15. The number of hydrogen-bond donors (Lipinski definition) is 0. The van der Waals surface area contributed by atoms with Crippen LogP contribution in [-0.4, -0.2) is 29.9 Å². The number of aromatic nitrogens is 6. The van der Waals surface area contributed by atoms with E-state index in [1.807, 2.05) is 36.4 Å². The smallest absolute Gasteiger partial charge is 0.160 e. The van der Waals surface area contributed by atoms with Gasteiger partial charge in [0.2, 0.25) is 0 Å². The summed E-state index contributed by atoms with van der Waals surface area (Å²) in [6.45, 7) is 0. The van der Waals surface area contributed by atoms with Crippen molar-refractivity contribution in [3.63, 3.8) is 0 Å². The lowest BCUT2D eigenvalue weighted by atomic mass is 9.92. The van der Waals surface area contributed by atoms with E-state index in [4.69, 9.17) is 19.9 Å². The molecule has 70 heavy (non-hydrogen) atoms. The average molecular weight is 895 g/mol. The maximum Gasteiger partial charge on any atom is 0.160 e. The molecular formula is C64H42N6. The summed E-state index contributed by atoms with van der Waals surface area (Å²) in [5, 5.41) is 2.36. The Balaban J connectivity index is 0.850. The Morgan fingerprint density at radius 2 is 0.486 bits per heavy atom. The van der Waals surface area contributed by atoms with Gasteiger partial charge in [0.25, 0.3) is 0 Å². The molecule has 0 radical (unpaired) electrons. The SMILES string of the molecule is c1ccc(-c2ccc(-c3cc(-c4ccc(-c5cccc6c(-c7ccc(-c8cc(-c9ccc(-c%10ccccc%10)cc9)nc(-c9ccncc9)n8)cc7)cccc56)cc4)nc(-c4ccncc4)n3)cc2)cc1. The number of hydrogen-bond acceptors (Lipinski definition) is 6. The lowest BCUT2D eigenvalue weighted by Gasteiger charge is -2.13. The van der Waals surface area contributed by atoms with E-state index in [0.717, 1.165) is 89.5 Å². The molecule has 0 atom stereocenters. The van der Waals surface area contributed by atoms with Gasteiger partial charge >= 0.3 is 0 Å². The third-order valence-electron chi connectivity index (χ3n) is 12.8. The minimum Gasteiger partial charge on any atom is -0.265 e. The molecule has 0 aliphatic heterocycles. The van der Waals surface area contributed by atoms with Gasteiger partial charge in [-0.05, 0) is 91.7 Å². The van der Waals surface area contributed by atoms with Crippen LogP contribution < -0.4 is 0 Å². The number of nitrogens with zero attached hydrogens (tertiary/aromatic N) is 6. The molecule has 328 valence electrons. The molecule has 6 nitrogen and oxygen atoms in total. The first-order valence-electron chi connectivity index (χ1n) is 23.3. The third-order valence-corrected chi connectivity index (χ3v) is 12.8. The standard InChI is InChI=1S/C64H42N6/c1-3-9-43(10-4-1)45-17-25-49(26-18-45)59-41-61(69-63(67-59)53-33-37-65-38-34-53)51-29-21-47(22-30-51)55-13-7-16-58-56(14-8-15-57(55)58)48-23-31-52(32-24-48)62-42-60(68-64(70-62)54-35-39-66-40-36-54)50-27-19-46(20-28-50)44-11-5-2-6-12-44/h1-42H. The van der Waals surface area contributed by atoms with Gasteiger partial charge in [-0.15, -0.1) is 0 Å². The second kappa shape index (κ2) is 18.6. The Hall–Kier alpha value is -9.52. The van der Waals surface area contributed by atoms with Crippen molar-refractivity contribution in [2.75, 3.05) is 0 Å².